The molecular weight excluding hydrogens is 285 g/mol. The molecule has 0 saturated carbocycles. The Morgan fingerprint density at radius 2 is 2.00 bits per heavy atom. The van der Waals surface area contributed by atoms with Gasteiger partial charge in [-0.1, -0.05) is 28.9 Å². The van der Waals surface area contributed by atoms with E-state index in [1.807, 2.05) is 26.8 Å². The Morgan fingerprint density at radius 3 is 2.47 bits per heavy atom. The van der Waals surface area contributed by atoms with Gasteiger partial charge in [-0.15, -0.1) is 0 Å². The summed E-state index contributed by atoms with van der Waals surface area (Å²) in [6.45, 7) is 5.79. The molecule has 2 rings (SSSR count). The first kappa shape index (κ1) is 12.6. The van der Waals surface area contributed by atoms with Crippen LogP contribution in [0.25, 0.3) is 0 Å². The summed E-state index contributed by atoms with van der Waals surface area (Å²) < 4.78 is 14.8. The quantitative estimate of drug-likeness (QED) is 0.848. The van der Waals surface area contributed by atoms with Gasteiger partial charge in [0.1, 0.15) is 5.82 Å². The smallest absolute Gasteiger partial charge is 0.221 e. The molecule has 1 saturated heterocycles. The van der Waals surface area contributed by atoms with Crippen molar-refractivity contribution in [3.8, 4) is 0 Å². The van der Waals surface area contributed by atoms with Gasteiger partial charge in [-0.3, -0.25) is 4.79 Å². The van der Waals surface area contributed by atoms with E-state index < -0.39 is 11.0 Å². The predicted molar refractivity (Wildman–Crippen MR) is 68.3 cm³/mol. The van der Waals surface area contributed by atoms with E-state index in [1.165, 1.54) is 6.07 Å². The lowest BCUT2D eigenvalue weighted by atomic mass is 9.69. The van der Waals surface area contributed by atoms with Crippen LogP contribution >= 0.6 is 15.9 Å². The lowest BCUT2D eigenvalue weighted by molar-refractivity contribution is -0.119. The number of hydrogen-bond donors (Lipinski definition) is 1. The maximum absolute atomic E-state index is 14.0. The lowest BCUT2D eigenvalue weighted by Crippen LogP contribution is -2.48. The Balaban J connectivity index is 2.55. The van der Waals surface area contributed by atoms with Crippen molar-refractivity contribution < 1.29 is 9.18 Å². The van der Waals surface area contributed by atoms with E-state index in [2.05, 4.69) is 21.2 Å². The van der Waals surface area contributed by atoms with Gasteiger partial charge in [0.05, 0.1) is 0 Å². The van der Waals surface area contributed by atoms with Crippen LogP contribution in [0.3, 0.4) is 0 Å². The summed E-state index contributed by atoms with van der Waals surface area (Å²) in [6.07, 6.45) is 0.318. The molecule has 1 aliphatic rings. The van der Waals surface area contributed by atoms with E-state index in [1.54, 1.807) is 6.07 Å². The predicted octanol–water partition coefficient (Wildman–Crippen LogP) is 3.14. The molecule has 1 atom stereocenters. The van der Waals surface area contributed by atoms with E-state index in [0.29, 0.717) is 16.5 Å². The number of carbonyl (C=O) groups excluding carboxylic acids is 1. The number of carbonyl (C=O) groups is 1. The first-order chi connectivity index (χ1) is 7.76. The largest absolute Gasteiger partial charge is 0.350 e. The minimum absolute atomic E-state index is 0.0279. The van der Waals surface area contributed by atoms with Crippen molar-refractivity contribution in [3.63, 3.8) is 0 Å². The molecule has 0 bridgehead atoms. The van der Waals surface area contributed by atoms with Crippen molar-refractivity contribution in [1.29, 1.82) is 0 Å². The number of halogens is 2. The van der Waals surface area contributed by atoms with Crippen LogP contribution in [-0.2, 0) is 10.2 Å². The van der Waals surface area contributed by atoms with Gasteiger partial charge in [-0.2, -0.15) is 0 Å². The molecule has 1 heterocycles. The number of nitrogens with one attached hydrogen (secondary N) is 1. The highest BCUT2D eigenvalue weighted by molar-refractivity contribution is 9.10. The highest BCUT2D eigenvalue weighted by Gasteiger charge is 2.51. The summed E-state index contributed by atoms with van der Waals surface area (Å²) in [4.78, 5) is 11.6. The molecule has 1 fully saturated rings. The van der Waals surface area contributed by atoms with Crippen molar-refractivity contribution in [2.75, 3.05) is 0 Å². The van der Waals surface area contributed by atoms with Gasteiger partial charge >= 0.3 is 0 Å². The Hall–Kier alpha value is -0.900. The van der Waals surface area contributed by atoms with Crippen LogP contribution in [0.2, 0.25) is 0 Å². The van der Waals surface area contributed by atoms with E-state index in [4.69, 9.17) is 0 Å². The van der Waals surface area contributed by atoms with Crippen molar-refractivity contribution in [2.45, 2.75) is 38.1 Å². The molecule has 1 unspecified atom stereocenters. The molecule has 17 heavy (non-hydrogen) atoms. The van der Waals surface area contributed by atoms with Crippen molar-refractivity contribution >= 4 is 21.8 Å². The average Bonchev–Trinajstić information content (AvgIpc) is 2.34. The maximum Gasteiger partial charge on any atom is 0.221 e. The third kappa shape index (κ3) is 1.88. The zero-order valence-corrected chi connectivity index (χ0v) is 11.7. The second-order valence-electron chi connectivity index (χ2n) is 5.31. The van der Waals surface area contributed by atoms with E-state index in [9.17, 15) is 9.18 Å². The standard InChI is InChI=1S/C13H15BrFNO/c1-12(2)13(3,7-11(17)16-12)9-5-4-8(14)6-10(9)15/h4-6H,7H2,1-3H3,(H,16,17). The summed E-state index contributed by atoms with van der Waals surface area (Å²) in [5, 5.41) is 2.91. The molecule has 1 aromatic carbocycles. The summed E-state index contributed by atoms with van der Waals surface area (Å²) in [5.74, 6) is -0.300. The van der Waals surface area contributed by atoms with Crippen LogP contribution in [-0.4, -0.2) is 11.4 Å². The fourth-order valence-electron chi connectivity index (χ4n) is 2.44. The fourth-order valence-corrected chi connectivity index (χ4v) is 2.77. The average molecular weight is 300 g/mol. The third-order valence-electron chi connectivity index (χ3n) is 3.87. The molecule has 1 amide bonds. The van der Waals surface area contributed by atoms with Crippen LogP contribution in [0.15, 0.2) is 22.7 Å². The van der Waals surface area contributed by atoms with Gasteiger partial charge in [-0.25, -0.2) is 4.39 Å². The summed E-state index contributed by atoms with van der Waals surface area (Å²) in [6, 6.07) is 5.00. The molecule has 1 N–H and O–H groups in total. The zero-order valence-electron chi connectivity index (χ0n) is 10.1. The van der Waals surface area contributed by atoms with Gasteiger partial charge in [-0.05, 0) is 31.5 Å². The summed E-state index contributed by atoms with van der Waals surface area (Å²) in [5.41, 5.74) is -0.378. The van der Waals surface area contributed by atoms with Crippen LogP contribution in [0.5, 0.6) is 0 Å². The van der Waals surface area contributed by atoms with E-state index in [0.717, 1.165) is 0 Å². The summed E-state index contributed by atoms with van der Waals surface area (Å²) >= 11 is 3.24. The van der Waals surface area contributed by atoms with Crippen LogP contribution in [0.4, 0.5) is 4.39 Å². The number of rotatable bonds is 1. The van der Waals surface area contributed by atoms with E-state index >= 15 is 0 Å². The van der Waals surface area contributed by atoms with Crippen molar-refractivity contribution in [3.05, 3.63) is 34.1 Å². The Bertz CT molecular complexity index is 486. The molecule has 92 valence electrons. The zero-order chi connectivity index (χ0) is 12.8. The minimum Gasteiger partial charge on any atom is -0.350 e. The molecule has 0 aliphatic carbocycles. The molecular formula is C13H15BrFNO. The van der Waals surface area contributed by atoms with E-state index in [-0.39, 0.29) is 11.7 Å². The van der Waals surface area contributed by atoms with Crippen LogP contribution < -0.4 is 5.32 Å². The Morgan fingerprint density at radius 1 is 1.35 bits per heavy atom. The second-order valence-corrected chi connectivity index (χ2v) is 6.22. The number of hydrogen-bond acceptors (Lipinski definition) is 1. The van der Waals surface area contributed by atoms with Gasteiger partial charge in [0.15, 0.2) is 0 Å². The third-order valence-corrected chi connectivity index (χ3v) is 4.36. The van der Waals surface area contributed by atoms with Crippen molar-refractivity contribution in [1.82, 2.24) is 5.32 Å². The molecule has 1 aliphatic heterocycles. The normalized spacial score (nSPS) is 27.0. The van der Waals surface area contributed by atoms with Crippen LogP contribution in [0, 0.1) is 5.82 Å². The molecule has 0 radical (unpaired) electrons. The molecule has 0 spiro atoms. The number of amides is 1. The fraction of sp³-hybridized carbons (Fsp3) is 0.462. The molecule has 0 aromatic heterocycles. The molecule has 1 aromatic rings. The van der Waals surface area contributed by atoms with Gasteiger partial charge < -0.3 is 5.32 Å². The first-order valence-electron chi connectivity index (χ1n) is 5.53. The first-order valence-corrected chi connectivity index (χ1v) is 6.32. The topological polar surface area (TPSA) is 29.1 Å². The van der Waals surface area contributed by atoms with Gasteiger partial charge in [0.25, 0.3) is 0 Å². The minimum atomic E-state index is -0.519. The van der Waals surface area contributed by atoms with Crippen LogP contribution in [0.1, 0.15) is 32.8 Å². The molecule has 2 nitrogen and oxygen atoms in total. The monoisotopic (exact) mass is 299 g/mol. The van der Waals surface area contributed by atoms with Gasteiger partial charge in [0.2, 0.25) is 5.91 Å². The highest BCUT2D eigenvalue weighted by Crippen LogP contribution is 2.43. The van der Waals surface area contributed by atoms with Gasteiger partial charge in [0, 0.05) is 21.8 Å². The SMILES string of the molecule is CC1(C)NC(=O)CC1(C)c1ccc(Br)cc1F. The highest BCUT2D eigenvalue weighted by atomic mass is 79.9. The second kappa shape index (κ2) is 3.80. The Labute approximate surface area is 109 Å². The Kier molecular flexibility index (Phi) is 2.81. The van der Waals surface area contributed by atoms with Crippen molar-refractivity contribution in [2.24, 2.45) is 0 Å². The number of benzene rings is 1. The molecule has 4 heteroatoms. The maximum atomic E-state index is 14.0. The summed E-state index contributed by atoms with van der Waals surface area (Å²) in [7, 11) is 0. The lowest BCUT2D eigenvalue weighted by Gasteiger charge is -2.37.